The highest BCUT2D eigenvalue weighted by Gasteiger charge is 2.29. The van der Waals surface area contributed by atoms with Crippen LogP contribution in [0.4, 0.5) is 11.4 Å². The lowest BCUT2D eigenvalue weighted by atomic mass is 10.2. The van der Waals surface area contributed by atoms with Crippen LogP contribution in [-0.2, 0) is 14.4 Å². The number of likely N-dealkylation sites (tertiary alicyclic amines) is 1. The molecule has 23 heavy (non-hydrogen) atoms. The first-order valence-electron chi connectivity index (χ1n) is 7.62. The number of halogens is 1. The molecule has 1 aromatic carbocycles. The van der Waals surface area contributed by atoms with Gasteiger partial charge in [-0.05, 0) is 31.5 Å². The molecule has 0 spiro atoms. The number of anilines is 2. The lowest BCUT2D eigenvalue weighted by molar-refractivity contribution is -0.134. The normalized spacial score (nSPS) is 15.4. The average molecular weight is 338 g/mol. The van der Waals surface area contributed by atoms with Gasteiger partial charge < -0.3 is 15.5 Å². The smallest absolute Gasteiger partial charge is 0.246 e. The molecule has 2 N–H and O–H groups in total. The van der Waals surface area contributed by atoms with Gasteiger partial charge in [-0.2, -0.15) is 0 Å². The van der Waals surface area contributed by atoms with E-state index in [1.54, 1.807) is 36.9 Å². The second-order valence-corrected chi connectivity index (χ2v) is 5.86. The maximum absolute atomic E-state index is 12.2. The topological polar surface area (TPSA) is 78.5 Å². The number of nitrogens with zero attached hydrogens (tertiary/aromatic N) is 1. The van der Waals surface area contributed by atoms with E-state index >= 15 is 0 Å². The van der Waals surface area contributed by atoms with Gasteiger partial charge in [0.25, 0.3) is 0 Å². The molecule has 3 amide bonds. The average Bonchev–Trinajstić information content (AvgIpc) is 2.95. The van der Waals surface area contributed by atoms with E-state index in [9.17, 15) is 14.4 Å². The maximum atomic E-state index is 12.2. The molecule has 1 heterocycles. The monoisotopic (exact) mass is 337 g/mol. The summed E-state index contributed by atoms with van der Waals surface area (Å²) in [7, 11) is 0. The zero-order valence-corrected chi connectivity index (χ0v) is 13.9. The fraction of sp³-hybridized carbons (Fsp3) is 0.438. The molecule has 1 fully saturated rings. The Hall–Kier alpha value is -2.08. The second-order valence-electron chi connectivity index (χ2n) is 5.45. The van der Waals surface area contributed by atoms with Crippen molar-refractivity contribution in [2.45, 2.75) is 39.2 Å². The van der Waals surface area contributed by atoms with Gasteiger partial charge in [0.2, 0.25) is 17.7 Å². The Morgan fingerprint density at radius 3 is 2.65 bits per heavy atom. The zero-order valence-electron chi connectivity index (χ0n) is 13.2. The Morgan fingerprint density at radius 2 is 2.09 bits per heavy atom. The standard InChI is InChI=1S/C16H20ClN3O3/c1-3-14(21)19-13-7-6-11(9-12(13)17)18-16(23)10(2)20-8-4-5-15(20)22/h6-7,9-10H,3-5,8H2,1-2H3,(H,18,23)(H,19,21)/t10-/m0/s1. The van der Waals surface area contributed by atoms with Crippen LogP contribution in [0.3, 0.4) is 0 Å². The molecule has 1 saturated heterocycles. The Labute approximate surface area is 140 Å². The number of carbonyl (C=O) groups excluding carboxylic acids is 3. The summed E-state index contributed by atoms with van der Waals surface area (Å²) >= 11 is 6.11. The van der Waals surface area contributed by atoms with Crippen molar-refractivity contribution in [3.05, 3.63) is 23.2 Å². The van der Waals surface area contributed by atoms with Crippen molar-refractivity contribution in [3.8, 4) is 0 Å². The third-order valence-electron chi connectivity index (χ3n) is 3.79. The maximum Gasteiger partial charge on any atom is 0.246 e. The molecule has 0 bridgehead atoms. The summed E-state index contributed by atoms with van der Waals surface area (Å²) in [6, 6.07) is 4.34. The molecule has 7 heteroatoms. The minimum absolute atomic E-state index is 0.00306. The van der Waals surface area contributed by atoms with Crippen LogP contribution < -0.4 is 10.6 Å². The first-order chi connectivity index (χ1) is 10.9. The fourth-order valence-electron chi connectivity index (χ4n) is 2.40. The molecular weight excluding hydrogens is 318 g/mol. The molecule has 6 nitrogen and oxygen atoms in total. The summed E-state index contributed by atoms with van der Waals surface area (Å²) in [5.74, 6) is -0.394. The van der Waals surface area contributed by atoms with E-state index in [-0.39, 0.29) is 17.7 Å². The summed E-state index contributed by atoms with van der Waals surface area (Å²) in [4.78, 5) is 36.9. The number of nitrogens with one attached hydrogen (secondary N) is 2. The quantitative estimate of drug-likeness (QED) is 0.867. The minimum atomic E-state index is -0.525. The summed E-state index contributed by atoms with van der Waals surface area (Å²) in [6.45, 7) is 4.06. The highest BCUT2D eigenvalue weighted by Crippen LogP contribution is 2.26. The van der Waals surface area contributed by atoms with E-state index in [0.717, 1.165) is 6.42 Å². The number of amides is 3. The molecule has 1 aliphatic heterocycles. The Kier molecular flexibility index (Phi) is 5.60. The first kappa shape index (κ1) is 17.3. The Bertz CT molecular complexity index is 633. The summed E-state index contributed by atoms with van der Waals surface area (Å²) < 4.78 is 0. The van der Waals surface area contributed by atoms with Gasteiger partial charge in [0.05, 0.1) is 10.7 Å². The van der Waals surface area contributed by atoms with E-state index in [2.05, 4.69) is 10.6 Å². The second kappa shape index (κ2) is 7.46. The van der Waals surface area contributed by atoms with Gasteiger partial charge in [-0.15, -0.1) is 0 Å². The van der Waals surface area contributed by atoms with E-state index in [1.807, 2.05) is 0 Å². The van der Waals surface area contributed by atoms with Gasteiger partial charge >= 0.3 is 0 Å². The van der Waals surface area contributed by atoms with E-state index in [0.29, 0.717) is 35.8 Å². The largest absolute Gasteiger partial charge is 0.331 e. The Balaban J connectivity index is 2.02. The number of hydrogen-bond donors (Lipinski definition) is 2. The number of rotatable bonds is 5. The lowest BCUT2D eigenvalue weighted by Gasteiger charge is -2.23. The van der Waals surface area contributed by atoms with Crippen LogP contribution in [-0.4, -0.2) is 35.2 Å². The predicted molar refractivity (Wildman–Crippen MR) is 89.4 cm³/mol. The van der Waals surface area contributed by atoms with Crippen LogP contribution >= 0.6 is 11.6 Å². The van der Waals surface area contributed by atoms with Crippen molar-refractivity contribution >= 4 is 40.7 Å². The lowest BCUT2D eigenvalue weighted by Crippen LogP contribution is -2.42. The van der Waals surface area contributed by atoms with Gasteiger partial charge in [-0.3, -0.25) is 14.4 Å². The van der Waals surface area contributed by atoms with E-state index < -0.39 is 6.04 Å². The van der Waals surface area contributed by atoms with Gasteiger partial charge in [-0.25, -0.2) is 0 Å². The first-order valence-corrected chi connectivity index (χ1v) is 8.00. The Morgan fingerprint density at radius 1 is 1.35 bits per heavy atom. The van der Waals surface area contributed by atoms with Crippen LogP contribution in [0.5, 0.6) is 0 Å². The molecule has 0 unspecified atom stereocenters. The molecular formula is C16H20ClN3O3. The van der Waals surface area contributed by atoms with Crippen molar-refractivity contribution in [3.63, 3.8) is 0 Å². The molecule has 0 aromatic heterocycles. The molecule has 1 atom stereocenters. The molecule has 2 rings (SSSR count). The highest BCUT2D eigenvalue weighted by atomic mass is 35.5. The molecule has 0 aliphatic carbocycles. The van der Waals surface area contributed by atoms with Crippen molar-refractivity contribution in [2.24, 2.45) is 0 Å². The van der Waals surface area contributed by atoms with E-state index in [1.165, 1.54) is 0 Å². The van der Waals surface area contributed by atoms with Crippen molar-refractivity contribution < 1.29 is 14.4 Å². The van der Waals surface area contributed by atoms with Gasteiger partial charge in [0.1, 0.15) is 6.04 Å². The molecule has 1 aromatic rings. The number of benzene rings is 1. The van der Waals surface area contributed by atoms with Gasteiger partial charge in [-0.1, -0.05) is 18.5 Å². The van der Waals surface area contributed by atoms with Crippen molar-refractivity contribution in [1.82, 2.24) is 4.90 Å². The van der Waals surface area contributed by atoms with Crippen LogP contribution in [0.1, 0.15) is 33.1 Å². The van der Waals surface area contributed by atoms with Crippen molar-refractivity contribution in [1.29, 1.82) is 0 Å². The van der Waals surface area contributed by atoms with Gasteiger partial charge in [0, 0.05) is 25.1 Å². The van der Waals surface area contributed by atoms with Crippen LogP contribution in [0.25, 0.3) is 0 Å². The molecule has 0 saturated carbocycles. The van der Waals surface area contributed by atoms with Crippen molar-refractivity contribution in [2.75, 3.05) is 17.2 Å². The fourth-order valence-corrected chi connectivity index (χ4v) is 2.63. The third kappa shape index (κ3) is 4.22. The van der Waals surface area contributed by atoms with Crippen LogP contribution in [0.2, 0.25) is 5.02 Å². The SMILES string of the molecule is CCC(=O)Nc1ccc(NC(=O)[C@H](C)N2CCCC2=O)cc1Cl. The summed E-state index contributed by atoms with van der Waals surface area (Å²) in [5, 5.41) is 5.76. The third-order valence-corrected chi connectivity index (χ3v) is 4.10. The number of hydrogen-bond acceptors (Lipinski definition) is 3. The van der Waals surface area contributed by atoms with Crippen LogP contribution in [0.15, 0.2) is 18.2 Å². The van der Waals surface area contributed by atoms with Crippen LogP contribution in [0, 0.1) is 0 Å². The van der Waals surface area contributed by atoms with E-state index in [4.69, 9.17) is 11.6 Å². The molecule has 0 radical (unpaired) electrons. The summed E-state index contributed by atoms with van der Waals surface area (Å²) in [6.07, 6.45) is 1.64. The highest BCUT2D eigenvalue weighted by molar-refractivity contribution is 6.34. The zero-order chi connectivity index (χ0) is 17.0. The summed E-state index contributed by atoms with van der Waals surface area (Å²) in [5.41, 5.74) is 1.02. The molecule has 1 aliphatic rings. The minimum Gasteiger partial charge on any atom is -0.331 e. The predicted octanol–water partition coefficient (Wildman–Crippen LogP) is 2.64. The molecule has 124 valence electrons. The van der Waals surface area contributed by atoms with Gasteiger partial charge in [0.15, 0.2) is 0 Å². The number of carbonyl (C=O) groups is 3.